The highest BCUT2D eigenvalue weighted by Crippen LogP contribution is 2.64. The zero-order chi connectivity index (χ0) is 21.9. The molecule has 7 heteroatoms. The predicted molar refractivity (Wildman–Crippen MR) is 113 cm³/mol. The van der Waals surface area contributed by atoms with Crippen molar-refractivity contribution in [2.45, 2.75) is 84.4 Å². The molecule has 0 radical (unpaired) electrons. The van der Waals surface area contributed by atoms with Gasteiger partial charge in [0.2, 0.25) is 0 Å². The Morgan fingerprint density at radius 3 is 2.63 bits per heavy atom. The molecule has 4 fully saturated rings. The molecule has 1 unspecified atom stereocenters. The van der Waals surface area contributed by atoms with Crippen LogP contribution >= 0.6 is 0 Å². The Labute approximate surface area is 178 Å². The van der Waals surface area contributed by atoms with Gasteiger partial charge in [0.15, 0.2) is 0 Å². The van der Waals surface area contributed by atoms with E-state index in [4.69, 9.17) is 10.6 Å². The largest absolute Gasteiger partial charge is 0.411 e. The molecule has 4 aliphatic rings. The Kier molecular flexibility index (Phi) is 5.27. The molecule has 4 aliphatic carbocycles. The van der Waals surface area contributed by atoms with Crippen LogP contribution in [-0.4, -0.2) is 40.7 Å². The second-order valence-corrected chi connectivity index (χ2v) is 11.2. The second kappa shape index (κ2) is 7.28. The van der Waals surface area contributed by atoms with Crippen LogP contribution in [0.2, 0.25) is 0 Å². The van der Waals surface area contributed by atoms with Crippen molar-refractivity contribution in [2.75, 3.05) is 6.54 Å². The molecule has 0 amide bonds. The number of hydrogen-bond acceptors (Lipinski definition) is 6. The number of carbonyl (C=O) groups excluding carboxylic acids is 1. The molecule has 0 aliphatic heterocycles. The molecular weight excluding hydrogens is 385 g/mol. The lowest BCUT2D eigenvalue weighted by atomic mass is 9.44. The van der Waals surface area contributed by atoms with Crippen LogP contribution < -0.4 is 5.73 Å². The van der Waals surface area contributed by atoms with E-state index in [1.807, 2.05) is 13.8 Å². The number of alkyl halides is 1. The summed E-state index contributed by atoms with van der Waals surface area (Å²) in [6, 6.07) is 0. The Morgan fingerprint density at radius 1 is 1.23 bits per heavy atom. The number of Topliss-reactive ketones (excluding diaryl/α,β-unsaturated/α-hetero) is 1. The van der Waals surface area contributed by atoms with Crippen molar-refractivity contribution >= 4 is 17.2 Å². The van der Waals surface area contributed by atoms with Gasteiger partial charge < -0.3 is 15.8 Å². The van der Waals surface area contributed by atoms with Crippen molar-refractivity contribution in [1.82, 2.24) is 0 Å². The molecule has 4 rings (SSSR count). The number of halogens is 1. The van der Waals surface area contributed by atoms with Crippen LogP contribution in [0.1, 0.15) is 72.6 Å². The summed E-state index contributed by atoms with van der Waals surface area (Å²) in [6.07, 6.45) is 3.63. The lowest BCUT2D eigenvalue weighted by Crippen LogP contribution is -2.58. The fraction of sp³-hybridized carbons (Fsp3) is 0.870. The van der Waals surface area contributed by atoms with Crippen molar-refractivity contribution in [3.05, 3.63) is 0 Å². The van der Waals surface area contributed by atoms with Crippen molar-refractivity contribution in [1.29, 1.82) is 0 Å². The number of ketones is 1. The zero-order valence-corrected chi connectivity index (χ0v) is 18.7. The molecule has 0 saturated heterocycles. The average Bonchev–Trinajstić information content (AvgIpc) is 3.00. The lowest BCUT2D eigenvalue weighted by molar-refractivity contribution is -0.133. The molecule has 30 heavy (non-hydrogen) atoms. The third-order valence-corrected chi connectivity index (χ3v) is 9.06. The number of rotatable bonds is 3. The summed E-state index contributed by atoms with van der Waals surface area (Å²) >= 11 is 0. The first-order valence-electron chi connectivity index (χ1n) is 11.4. The van der Waals surface area contributed by atoms with E-state index in [9.17, 15) is 10.0 Å². The molecular formula is C23H36FN3O3. The first kappa shape index (κ1) is 21.7. The standard InChI is InChI=1S/C23H36FN3O3/c1-21(2,12-25)30-27-19-10-16-18(26-29)9-13-14-5-6-20(28)22(14,3)8-7-15(13)23(16,4)11-17(19)24/h13-17,29H,5-12,25H2,1-4H3/b26-18+,27-19+/t13-,14-,15-,16?,17+,22-,23+/m0/s1. The maximum absolute atomic E-state index is 15.3. The predicted octanol–water partition coefficient (Wildman–Crippen LogP) is 4.10. The number of oxime groups is 2. The van der Waals surface area contributed by atoms with E-state index in [0.29, 0.717) is 49.0 Å². The Morgan fingerprint density at radius 2 is 1.97 bits per heavy atom. The maximum Gasteiger partial charge on any atom is 0.144 e. The summed E-state index contributed by atoms with van der Waals surface area (Å²) in [5, 5.41) is 17.7. The summed E-state index contributed by atoms with van der Waals surface area (Å²) < 4.78 is 15.3. The first-order chi connectivity index (χ1) is 14.1. The van der Waals surface area contributed by atoms with Gasteiger partial charge in [-0.1, -0.05) is 24.2 Å². The Hall–Kier alpha value is -1.50. The van der Waals surface area contributed by atoms with Crippen molar-refractivity contribution < 1.29 is 19.2 Å². The summed E-state index contributed by atoms with van der Waals surface area (Å²) in [6.45, 7) is 8.21. The summed E-state index contributed by atoms with van der Waals surface area (Å²) in [7, 11) is 0. The average molecular weight is 422 g/mol. The monoisotopic (exact) mass is 421 g/mol. The van der Waals surface area contributed by atoms with Crippen molar-refractivity contribution in [3.8, 4) is 0 Å². The number of hydrogen-bond donors (Lipinski definition) is 2. The van der Waals surface area contributed by atoms with E-state index in [-0.39, 0.29) is 29.2 Å². The number of fused-ring (bicyclic) bond motifs is 5. The highest BCUT2D eigenvalue weighted by atomic mass is 19.1. The van der Waals surface area contributed by atoms with E-state index in [0.717, 1.165) is 25.0 Å². The van der Waals surface area contributed by atoms with Crippen LogP contribution in [0, 0.1) is 34.5 Å². The van der Waals surface area contributed by atoms with Gasteiger partial charge in [-0.25, -0.2) is 4.39 Å². The molecule has 6 nitrogen and oxygen atoms in total. The minimum absolute atomic E-state index is 0.0550. The normalized spacial score (nSPS) is 46.5. The Balaban J connectivity index is 1.64. The maximum atomic E-state index is 15.3. The Bertz CT molecular complexity index is 782. The third kappa shape index (κ3) is 3.19. The van der Waals surface area contributed by atoms with Gasteiger partial charge in [0.1, 0.15) is 17.6 Å². The van der Waals surface area contributed by atoms with Crippen LogP contribution in [0.3, 0.4) is 0 Å². The van der Waals surface area contributed by atoms with Gasteiger partial charge in [-0.3, -0.25) is 4.79 Å². The first-order valence-corrected chi connectivity index (χ1v) is 11.4. The van der Waals surface area contributed by atoms with Gasteiger partial charge >= 0.3 is 0 Å². The smallest absolute Gasteiger partial charge is 0.144 e. The van der Waals surface area contributed by atoms with Crippen LogP contribution in [0.25, 0.3) is 0 Å². The molecule has 0 spiro atoms. The van der Waals surface area contributed by atoms with Gasteiger partial charge in [-0.05, 0) is 69.1 Å². The molecule has 3 N–H and O–H groups in total. The third-order valence-electron chi connectivity index (χ3n) is 9.06. The molecule has 0 bridgehead atoms. The van der Waals surface area contributed by atoms with Crippen LogP contribution in [0.5, 0.6) is 0 Å². The summed E-state index contributed by atoms with van der Waals surface area (Å²) in [5.41, 5.74) is 5.60. The number of nitrogens with zero attached hydrogens (tertiary/aromatic N) is 2. The van der Waals surface area contributed by atoms with Crippen LogP contribution in [0.4, 0.5) is 4.39 Å². The minimum atomic E-state index is -1.18. The minimum Gasteiger partial charge on any atom is -0.411 e. The second-order valence-electron chi connectivity index (χ2n) is 11.2. The van der Waals surface area contributed by atoms with Crippen molar-refractivity contribution in [2.24, 2.45) is 50.5 Å². The van der Waals surface area contributed by atoms with Gasteiger partial charge in [-0.2, -0.15) is 0 Å². The molecule has 168 valence electrons. The van der Waals surface area contributed by atoms with E-state index in [2.05, 4.69) is 24.2 Å². The highest BCUT2D eigenvalue weighted by Gasteiger charge is 2.62. The molecule has 0 aromatic heterocycles. The lowest BCUT2D eigenvalue weighted by Gasteiger charge is -2.59. The summed E-state index contributed by atoms with van der Waals surface area (Å²) in [5.74, 6) is 1.24. The van der Waals surface area contributed by atoms with Gasteiger partial charge in [0.05, 0.1) is 11.4 Å². The number of carbonyl (C=O) groups is 1. The molecule has 0 heterocycles. The molecule has 0 aromatic carbocycles. The fourth-order valence-electron chi connectivity index (χ4n) is 7.09. The SMILES string of the molecule is CC(C)(CN)O/N=C1\CC2/C(=N/O)C[C@@H]3[C@H](CC[C@]4(C)C(=O)CC[C@@H]34)[C@@]2(C)C[C@H]1F. The summed E-state index contributed by atoms with van der Waals surface area (Å²) in [4.78, 5) is 18.2. The highest BCUT2D eigenvalue weighted by molar-refractivity contribution is 5.97. The molecule has 7 atom stereocenters. The molecule has 0 aromatic rings. The van der Waals surface area contributed by atoms with Gasteiger partial charge in [0, 0.05) is 30.7 Å². The number of nitrogens with two attached hydrogens (primary N) is 1. The van der Waals surface area contributed by atoms with Crippen LogP contribution in [0.15, 0.2) is 10.3 Å². The topological polar surface area (TPSA) is 97.3 Å². The molecule has 4 saturated carbocycles. The van der Waals surface area contributed by atoms with Crippen LogP contribution in [-0.2, 0) is 9.63 Å². The van der Waals surface area contributed by atoms with Crippen molar-refractivity contribution in [3.63, 3.8) is 0 Å². The van der Waals surface area contributed by atoms with Gasteiger partial charge in [-0.15, -0.1) is 0 Å². The van der Waals surface area contributed by atoms with E-state index in [1.54, 1.807) is 0 Å². The van der Waals surface area contributed by atoms with Gasteiger partial charge in [0.25, 0.3) is 0 Å². The van der Waals surface area contributed by atoms with E-state index < -0.39 is 11.8 Å². The van der Waals surface area contributed by atoms with E-state index >= 15 is 4.39 Å². The zero-order valence-electron chi connectivity index (χ0n) is 18.7. The quantitative estimate of drug-likeness (QED) is 0.530. The van der Waals surface area contributed by atoms with E-state index in [1.165, 1.54) is 0 Å². The fourth-order valence-corrected chi connectivity index (χ4v) is 7.09.